The third-order valence-electron chi connectivity index (χ3n) is 3.35. The van der Waals surface area contributed by atoms with E-state index in [1.165, 1.54) is 24.1 Å². The molecule has 0 spiro atoms. The lowest BCUT2D eigenvalue weighted by Gasteiger charge is -2.24. The largest absolute Gasteiger partial charge is 0.394 e. The van der Waals surface area contributed by atoms with Gasteiger partial charge in [-0.25, -0.2) is 0 Å². The number of aromatic nitrogens is 2. The topological polar surface area (TPSA) is 76.1 Å². The SMILES string of the molecule is NCCCNC1CCCc2c1cnn2CCO. The van der Waals surface area contributed by atoms with E-state index in [2.05, 4.69) is 10.4 Å². The second-order valence-electron chi connectivity index (χ2n) is 4.53. The summed E-state index contributed by atoms with van der Waals surface area (Å²) < 4.78 is 1.94. The first-order valence-electron chi connectivity index (χ1n) is 6.45. The second-order valence-corrected chi connectivity index (χ2v) is 4.53. The van der Waals surface area contributed by atoms with Gasteiger partial charge >= 0.3 is 0 Å². The second kappa shape index (κ2) is 6.14. The molecule has 17 heavy (non-hydrogen) atoms. The molecule has 1 aromatic rings. The van der Waals surface area contributed by atoms with Gasteiger partial charge in [-0.3, -0.25) is 4.68 Å². The van der Waals surface area contributed by atoms with Crippen LogP contribution in [0.25, 0.3) is 0 Å². The number of fused-ring (bicyclic) bond motifs is 1. The monoisotopic (exact) mass is 238 g/mol. The normalized spacial score (nSPS) is 19.3. The average Bonchev–Trinajstić information content (AvgIpc) is 2.75. The standard InChI is InChI=1S/C12H22N4O/c13-5-2-6-14-11-3-1-4-12-10(11)9-15-16(12)7-8-17/h9,11,14,17H,1-8,13H2. The van der Waals surface area contributed by atoms with Crippen LogP contribution in [0.3, 0.4) is 0 Å². The molecule has 2 rings (SSSR count). The highest BCUT2D eigenvalue weighted by Gasteiger charge is 2.23. The molecule has 0 bridgehead atoms. The van der Waals surface area contributed by atoms with Gasteiger partial charge < -0.3 is 16.2 Å². The fourth-order valence-electron chi connectivity index (χ4n) is 2.50. The first-order valence-corrected chi connectivity index (χ1v) is 6.45. The van der Waals surface area contributed by atoms with Gasteiger partial charge in [0.25, 0.3) is 0 Å². The maximum Gasteiger partial charge on any atom is 0.0644 e. The number of hydrogen-bond donors (Lipinski definition) is 3. The molecule has 0 fully saturated rings. The minimum Gasteiger partial charge on any atom is -0.394 e. The maximum atomic E-state index is 8.99. The highest BCUT2D eigenvalue weighted by Crippen LogP contribution is 2.29. The van der Waals surface area contributed by atoms with Crippen LogP contribution in [0.5, 0.6) is 0 Å². The minimum absolute atomic E-state index is 0.152. The quantitative estimate of drug-likeness (QED) is 0.618. The van der Waals surface area contributed by atoms with Gasteiger partial charge in [-0.15, -0.1) is 0 Å². The summed E-state index contributed by atoms with van der Waals surface area (Å²) in [6.45, 7) is 2.45. The van der Waals surface area contributed by atoms with Crippen LogP contribution in [0.2, 0.25) is 0 Å². The number of hydrogen-bond acceptors (Lipinski definition) is 4. The maximum absolute atomic E-state index is 8.99. The highest BCUT2D eigenvalue weighted by molar-refractivity contribution is 5.24. The summed E-state index contributed by atoms with van der Waals surface area (Å²) in [5.74, 6) is 0. The van der Waals surface area contributed by atoms with Crippen LogP contribution in [0.15, 0.2) is 6.20 Å². The molecule has 0 saturated carbocycles. The van der Waals surface area contributed by atoms with Crippen LogP contribution in [0.1, 0.15) is 36.6 Å². The van der Waals surface area contributed by atoms with Crippen LogP contribution in [0.4, 0.5) is 0 Å². The lowest BCUT2D eigenvalue weighted by molar-refractivity contribution is 0.266. The van der Waals surface area contributed by atoms with E-state index in [0.29, 0.717) is 12.6 Å². The summed E-state index contributed by atoms with van der Waals surface area (Å²) in [6.07, 6.45) is 6.39. The van der Waals surface area contributed by atoms with E-state index in [0.717, 1.165) is 25.9 Å². The van der Waals surface area contributed by atoms with Crippen molar-refractivity contribution in [2.24, 2.45) is 5.73 Å². The molecule has 4 N–H and O–H groups in total. The third kappa shape index (κ3) is 2.86. The number of nitrogens with one attached hydrogen (secondary N) is 1. The molecule has 96 valence electrons. The molecule has 1 aromatic heterocycles. The summed E-state index contributed by atoms with van der Waals surface area (Å²) in [5, 5.41) is 16.9. The Balaban J connectivity index is 2.04. The number of aliphatic hydroxyl groups excluding tert-OH is 1. The fraction of sp³-hybridized carbons (Fsp3) is 0.750. The number of nitrogens with zero attached hydrogens (tertiary/aromatic N) is 2. The molecule has 1 unspecified atom stereocenters. The van der Waals surface area contributed by atoms with Crippen LogP contribution in [-0.2, 0) is 13.0 Å². The molecular formula is C12H22N4O. The van der Waals surface area contributed by atoms with E-state index in [4.69, 9.17) is 10.8 Å². The molecule has 0 radical (unpaired) electrons. The van der Waals surface area contributed by atoms with Gasteiger partial charge in [0.05, 0.1) is 19.3 Å². The van der Waals surface area contributed by atoms with E-state index in [1.54, 1.807) is 0 Å². The lowest BCUT2D eigenvalue weighted by atomic mass is 9.93. The summed E-state index contributed by atoms with van der Waals surface area (Å²) in [4.78, 5) is 0. The van der Waals surface area contributed by atoms with Crippen molar-refractivity contribution in [3.8, 4) is 0 Å². The van der Waals surface area contributed by atoms with Crippen molar-refractivity contribution < 1.29 is 5.11 Å². The van der Waals surface area contributed by atoms with E-state index in [9.17, 15) is 0 Å². The first kappa shape index (κ1) is 12.5. The molecule has 0 aromatic carbocycles. The van der Waals surface area contributed by atoms with Gasteiger partial charge in [0.2, 0.25) is 0 Å². The Kier molecular flexibility index (Phi) is 4.53. The van der Waals surface area contributed by atoms with E-state index in [-0.39, 0.29) is 6.61 Å². The van der Waals surface area contributed by atoms with E-state index < -0.39 is 0 Å². The molecule has 1 aliphatic rings. The van der Waals surface area contributed by atoms with Crippen molar-refractivity contribution in [2.45, 2.75) is 38.3 Å². The zero-order chi connectivity index (χ0) is 12.1. The average molecular weight is 238 g/mol. The van der Waals surface area contributed by atoms with Crippen molar-refractivity contribution in [3.05, 3.63) is 17.5 Å². The van der Waals surface area contributed by atoms with Crippen LogP contribution in [-0.4, -0.2) is 34.6 Å². The fourth-order valence-corrected chi connectivity index (χ4v) is 2.50. The van der Waals surface area contributed by atoms with Crippen molar-refractivity contribution in [1.29, 1.82) is 0 Å². The molecule has 0 saturated heterocycles. The predicted molar refractivity (Wildman–Crippen MR) is 66.7 cm³/mol. The van der Waals surface area contributed by atoms with Gasteiger partial charge in [0.15, 0.2) is 0 Å². The summed E-state index contributed by atoms with van der Waals surface area (Å²) in [6, 6.07) is 0.415. The Morgan fingerprint density at radius 1 is 1.59 bits per heavy atom. The van der Waals surface area contributed by atoms with Gasteiger partial charge in [-0.2, -0.15) is 5.10 Å². The van der Waals surface area contributed by atoms with Gasteiger partial charge in [-0.1, -0.05) is 0 Å². The summed E-state index contributed by atoms with van der Waals surface area (Å²) >= 11 is 0. The van der Waals surface area contributed by atoms with Gasteiger partial charge in [0.1, 0.15) is 0 Å². The Hall–Kier alpha value is -0.910. The number of aliphatic hydroxyl groups is 1. The molecule has 1 heterocycles. The Morgan fingerprint density at radius 3 is 3.24 bits per heavy atom. The molecule has 5 nitrogen and oxygen atoms in total. The molecular weight excluding hydrogens is 216 g/mol. The van der Waals surface area contributed by atoms with Crippen molar-refractivity contribution in [1.82, 2.24) is 15.1 Å². The van der Waals surface area contributed by atoms with Crippen molar-refractivity contribution in [3.63, 3.8) is 0 Å². The number of nitrogens with two attached hydrogens (primary N) is 1. The summed E-state index contributed by atoms with van der Waals surface area (Å²) in [7, 11) is 0. The first-order chi connectivity index (χ1) is 8.36. The van der Waals surface area contributed by atoms with Crippen LogP contribution in [0, 0.1) is 0 Å². The van der Waals surface area contributed by atoms with E-state index in [1.807, 2.05) is 10.9 Å². The smallest absolute Gasteiger partial charge is 0.0644 e. The van der Waals surface area contributed by atoms with Crippen molar-refractivity contribution in [2.75, 3.05) is 19.7 Å². The predicted octanol–water partition coefficient (Wildman–Crippen LogP) is 0.191. The van der Waals surface area contributed by atoms with Gasteiger partial charge in [0, 0.05) is 17.3 Å². The molecule has 0 aliphatic heterocycles. The van der Waals surface area contributed by atoms with Crippen LogP contribution >= 0.6 is 0 Å². The lowest BCUT2D eigenvalue weighted by Crippen LogP contribution is -2.27. The Bertz CT molecular complexity index is 350. The van der Waals surface area contributed by atoms with Crippen molar-refractivity contribution >= 4 is 0 Å². The molecule has 1 atom stereocenters. The minimum atomic E-state index is 0.152. The van der Waals surface area contributed by atoms with Gasteiger partial charge in [-0.05, 0) is 38.8 Å². The highest BCUT2D eigenvalue weighted by atomic mass is 16.3. The Labute approximate surface area is 102 Å². The van der Waals surface area contributed by atoms with E-state index >= 15 is 0 Å². The molecule has 1 aliphatic carbocycles. The zero-order valence-electron chi connectivity index (χ0n) is 10.2. The molecule has 5 heteroatoms. The number of rotatable bonds is 6. The Morgan fingerprint density at radius 2 is 2.47 bits per heavy atom. The van der Waals surface area contributed by atoms with Crippen LogP contribution < -0.4 is 11.1 Å². The zero-order valence-corrected chi connectivity index (χ0v) is 10.2. The molecule has 0 amide bonds. The third-order valence-corrected chi connectivity index (χ3v) is 3.35. The summed E-state index contributed by atoms with van der Waals surface area (Å²) in [5.41, 5.74) is 8.09.